The summed E-state index contributed by atoms with van der Waals surface area (Å²) in [5.74, 6) is 0.548. The Bertz CT molecular complexity index is 625. The molecule has 1 aromatic carbocycles. The second-order valence-corrected chi connectivity index (χ2v) is 6.07. The summed E-state index contributed by atoms with van der Waals surface area (Å²) in [7, 11) is 0. The van der Waals surface area contributed by atoms with Crippen LogP contribution >= 0.6 is 31.9 Å². The molecule has 0 aliphatic carbocycles. The van der Waals surface area contributed by atoms with Gasteiger partial charge in [-0.05, 0) is 46.2 Å². The SMILES string of the molecule is CCNC(c1ccc(Br)c(C(F)(F)F)c1)c1occc1Br. The van der Waals surface area contributed by atoms with E-state index in [-0.39, 0.29) is 4.47 Å². The first kappa shape index (κ1) is 16.6. The van der Waals surface area contributed by atoms with E-state index in [9.17, 15) is 13.2 Å². The molecule has 1 N–H and O–H groups in total. The van der Waals surface area contributed by atoms with Crippen molar-refractivity contribution in [3.8, 4) is 0 Å². The Morgan fingerprint density at radius 3 is 2.43 bits per heavy atom. The summed E-state index contributed by atoms with van der Waals surface area (Å²) in [5.41, 5.74) is -0.214. The standard InChI is InChI=1S/C14H12Br2F3NO/c1-2-20-12(13-11(16)5-6-21-13)8-3-4-10(15)9(7-8)14(17,18)19/h3-7,12,20H,2H2,1H3. The zero-order valence-corrected chi connectivity index (χ0v) is 14.1. The first-order valence-electron chi connectivity index (χ1n) is 6.17. The van der Waals surface area contributed by atoms with Crippen molar-refractivity contribution in [1.29, 1.82) is 0 Å². The van der Waals surface area contributed by atoms with Crippen molar-refractivity contribution in [1.82, 2.24) is 5.32 Å². The zero-order chi connectivity index (χ0) is 15.6. The van der Waals surface area contributed by atoms with Gasteiger partial charge in [-0.15, -0.1) is 0 Å². The Labute approximate surface area is 137 Å². The van der Waals surface area contributed by atoms with Crippen LogP contribution in [0.5, 0.6) is 0 Å². The molecule has 2 nitrogen and oxygen atoms in total. The lowest BCUT2D eigenvalue weighted by Gasteiger charge is -2.19. The van der Waals surface area contributed by atoms with E-state index < -0.39 is 17.8 Å². The van der Waals surface area contributed by atoms with Gasteiger partial charge in [0.2, 0.25) is 0 Å². The van der Waals surface area contributed by atoms with E-state index in [1.165, 1.54) is 12.3 Å². The zero-order valence-electron chi connectivity index (χ0n) is 11.0. The summed E-state index contributed by atoms with van der Waals surface area (Å²) in [5, 5.41) is 3.13. The van der Waals surface area contributed by atoms with E-state index in [2.05, 4.69) is 37.2 Å². The topological polar surface area (TPSA) is 25.2 Å². The van der Waals surface area contributed by atoms with Gasteiger partial charge in [-0.25, -0.2) is 0 Å². The first-order chi connectivity index (χ1) is 9.84. The second kappa shape index (κ2) is 6.54. The summed E-state index contributed by atoms with van der Waals surface area (Å²) in [6.07, 6.45) is -2.92. The van der Waals surface area contributed by atoms with Gasteiger partial charge in [0.1, 0.15) is 5.76 Å². The van der Waals surface area contributed by atoms with Gasteiger partial charge in [0.25, 0.3) is 0 Å². The average molecular weight is 427 g/mol. The molecule has 1 heterocycles. The number of benzene rings is 1. The molecule has 7 heteroatoms. The van der Waals surface area contributed by atoms with E-state index in [1.807, 2.05) is 6.92 Å². The number of hydrogen-bond acceptors (Lipinski definition) is 2. The van der Waals surface area contributed by atoms with Crippen molar-refractivity contribution in [3.63, 3.8) is 0 Å². The van der Waals surface area contributed by atoms with E-state index in [0.717, 1.165) is 6.07 Å². The molecule has 0 bridgehead atoms. The Hall–Kier alpha value is -0.790. The predicted molar refractivity (Wildman–Crippen MR) is 81.1 cm³/mol. The van der Waals surface area contributed by atoms with Crippen LogP contribution in [-0.2, 0) is 6.18 Å². The molecule has 0 saturated carbocycles. The van der Waals surface area contributed by atoms with Crippen molar-refractivity contribution >= 4 is 31.9 Å². The Morgan fingerprint density at radius 1 is 1.19 bits per heavy atom. The van der Waals surface area contributed by atoms with Gasteiger partial charge in [-0.2, -0.15) is 13.2 Å². The number of nitrogens with one attached hydrogen (secondary N) is 1. The van der Waals surface area contributed by atoms with Crippen LogP contribution < -0.4 is 5.32 Å². The summed E-state index contributed by atoms with van der Waals surface area (Å²) in [4.78, 5) is 0. The molecule has 0 aliphatic heterocycles. The van der Waals surface area contributed by atoms with Crippen LogP contribution in [-0.4, -0.2) is 6.54 Å². The Morgan fingerprint density at radius 2 is 1.90 bits per heavy atom. The smallest absolute Gasteiger partial charge is 0.417 e. The third-order valence-corrected chi connectivity index (χ3v) is 4.29. The lowest BCUT2D eigenvalue weighted by atomic mass is 10.0. The third-order valence-electron chi connectivity index (χ3n) is 2.94. The molecule has 0 amide bonds. The molecule has 1 atom stereocenters. The number of furan rings is 1. The highest BCUT2D eigenvalue weighted by atomic mass is 79.9. The van der Waals surface area contributed by atoms with Crippen molar-refractivity contribution < 1.29 is 17.6 Å². The molecule has 0 radical (unpaired) electrons. The quantitative estimate of drug-likeness (QED) is 0.696. The van der Waals surface area contributed by atoms with Gasteiger partial charge in [-0.3, -0.25) is 0 Å². The highest BCUT2D eigenvalue weighted by Gasteiger charge is 2.34. The van der Waals surface area contributed by atoms with Gasteiger partial charge in [0.15, 0.2) is 0 Å². The fourth-order valence-electron chi connectivity index (χ4n) is 2.02. The number of alkyl halides is 3. The van der Waals surface area contributed by atoms with E-state index in [1.54, 1.807) is 12.1 Å². The average Bonchev–Trinajstić information content (AvgIpc) is 2.82. The van der Waals surface area contributed by atoms with Crippen molar-refractivity contribution in [2.45, 2.75) is 19.1 Å². The van der Waals surface area contributed by atoms with Gasteiger partial charge >= 0.3 is 6.18 Å². The summed E-state index contributed by atoms with van der Waals surface area (Å²) in [6.45, 7) is 2.47. The van der Waals surface area contributed by atoms with Crippen LogP contribution in [0.25, 0.3) is 0 Å². The van der Waals surface area contributed by atoms with Crippen LogP contribution in [0, 0.1) is 0 Å². The Balaban J connectivity index is 2.49. The predicted octanol–water partition coefficient (Wildman–Crippen LogP) is 5.52. The molecule has 1 aromatic heterocycles. The van der Waals surface area contributed by atoms with E-state index in [0.29, 0.717) is 22.3 Å². The summed E-state index contributed by atoms with van der Waals surface area (Å²) >= 11 is 6.29. The minimum Gasteiger partial charge on any atom is -0.466 e. The highest BCUT2D eigenvalue weighted by Crippen LogP contribution is 2.38. The fourth-order valence-corrected chi connectivity index (χ4v) is 2.92. The fraction of sp³-hybridized carbons (Fsp3) is 0.286. The van der Waals surface area contributed by atoms with Crippen molar-refractivity contribution in [2.24, 2.45) is 0 Å². The molecule has 1 unspecified atom stereocenters. The minimum atomic E-state index is -4.41. The van der Waals surface area contributed by atoms with Crippen LogP contribution in [0.3, 0.4) is 0 Å². The molecule has 2 rings (SSSR count). The molecular weight excluding hydrogens is 415 g/mol. The van der Waals surface area contributed by atoms with Crippen LogP contribution in [0.2, 0.25) is 0 Å². The van der Waals surface area contributed by atoms with E-state index >= 15 is 0 Å². The van der Waals surface area contributed by atoms with Gasteiger partial charge in [0, 0.05) is 4.47 Å². The normalized spacial score (nSPS) is 13.4. The first-order valence-corrected chi connectivity index (χ1v) is 7.76. The molecule has 0 spiro atoms. The molecule has 2 aromatic rings. The molecule has 114 valence electrons. The maximum absolute atomic E-state index is 13.0. The van der Waals surface area contributed by atoms with Gasteiger partial charge in [0.05, 0.1) is 22.3 Å². The highest BCUT2D eigenvalue weighted by molar-refractivity contribution is 9.10. The van der Waals surface area contributed by atoms with Gasteiger partial charge < -0.3 is 9.73 Å². The van der Waals surface area contributed by atoms with Crippen LogP contribution in [0.1, 0.15) is 29.9 Å². The third kappa shape index (κ3) is 3.70. The molecule has 0 fully saturated rings. The largest absolute Gasteiger partial charge is 0.466 e. The maximum Gasteiger partial charge on any atom is 0.417 e. The molecular formula is C14H12Br2F3NO. The van der Waals surface area contributed by atoms with Crippen LogP contribution in [0.15, 0.2) is 43.9 Å². The number of rotatable bonds is 4. The second-order valence-electron chi connectivity index (χ2n) is 4.36. The summed E-state index contributed by atoms with van der Waals surface area (Å²) in [6, 6.07) is 5.44. The molecule has 21 heavy (non-hydrogen) atoms. The minimum absolute atomic E-state index is 0.0208. The van der Waals surface area contributed by atoms with Crippen LogP contribution in [0.4, 0.5) is 13.2 Å². The van der Waals surface area contributed by atoms with Gasteiger partial charge in [-0.1, -0.05) is 28.9 Å². The maximum atomic E-state index is 13.0. The molecule has 0 saturated heterocycles. The lowest BCUT2D eigenvalue weighted by molar-refractivity contribution is -0.138. The number of halogens is 5. The van der Waals surface area contributed by atoms with Crippen molar-refractivity contribution in [3.05, 3.63) is 56.4 Å². The monoisotopic (exact) mass is 425 g/mol. The van der Waals surface area contributed by atoms with Crippen molar-refractivity contribution in [2.75, 3.05) is 6.54 Å². The number of hydrogen-bond donors (Lipinski definition) is 1. The molecule has 0 aliphatic rings. The Kier molecular flexibility index (Phi) is 5.16. The summed E-state index contributed by atoms with van der Waals surface area (Å²) < 4.78 is 45.2. The lowest BCUT2D eigenvalue weighted by Crippen LogP contribution is -2.22. The van der Waals surface area contributed by atoms with E-state index in [4.69, 9.17) is 4.42 Å².